The van der Waals surface area contributed by atoms with Gasteiger partial charge in [0.2, 0.25) is 0 Å². The number of fused-ring (bicyclic) bond motifs is 3. The van der Waals surface area contributed by atoms with Crippen LogP contribution in [0, 0.1) is 70.5 Å². The number of aryl methyl sites for hydroxylation is 1. The predicted molar refractivity (Wildman–Crippen MR) is 500 cm³/mol. The number of carboxylic acid groups (broad SMARTS) is 1. The second-order valence-electron chi connectivity index (χ2n) is 29.7. The molecule has 0 saturated carbocycles. The summed E-state index contributed by atoms with van der Waals surface area (Å²) in [5, 5.41) is 62.9. The molecule has 21 nitrogen and oxygen atoms in total. The minimum atomic E-state index is -0.990. The third kappa shape index (κ3) is 46.1. The molecule has 5 N–H and O–H groups in total. The third-order valence-corrected chi connectivity index (χ3v) is 16.8. The zero-order valence-corrected chi connectivity index (χ0v) is 90.7. The van der Waals surface area contributed by atoms with Crippen molar-refractivity contribution in [3.8, 4) is 56.5 Å². The standard InChI is InChI=1S/C15H10N.2C13H8FN2.C11H6F2N.C11H20O2.C10H6ClN2.C10H9N2.C6H5NO2.3C5H8O2.6Ir/c1-2-6-12(7-3-1)15-11-10-13-8-4-5-9-14(13)16-15;2*14-11-5-7-12(8-6-11)16-13-4-2-1-3-10(13)9-15-16;12-8-4-5-9(10(13)7-8)11-3-1-2-6-14-11;1-10(2,3)8(12)7-9(13)11(4,5)6;11-10-7-6-9(12-13-10)8-4-2-1-3-5-8;1-12-8-7-11-10(12)9-5-3-2-4-6-9;8-6(9)5-3-1-2-4-7-5;3*1-4(6)3-5(2)7;;;;;;/h1-6,8-11H;2*1-7,9H;1-4,6-7H;7,12H,1-6H3;1-4,6-7H;2-5,7-8H,1H3;1-4H,(H,8,9);3*3,6H,1-2H3;;;;;;/q4*-1;;2*-1;;;;;;;;;;. The molecule has 0 unspecified atom stereocenters. The molecule has 32 heteroatoms. The van der Waals surface area contributed by atoms with Gasteiger partial charge in [-0.05, 0) is 112 Å². The van der Waals surface area contributed by atoms with Crippen LogP contribution in [-0.2, 0) is 147 Å². The van der Waals surface area contributed by atoms with Crippen LogP contribution in [0.4, 0.5) is 17.6 Å². The van der Waals surface area contributed by atoms with Gasteiger partial charge >= 0.3 is 5.97 Å². The molecule has 0 aliphatic carbocycles. The Kier molecular flexibility index (Phi) is 59.3. The fourth-order valence-electron chi connectivity index (χ4n) is 10.4. The van der Waals surface area contributed by atoms with E-state index in [1.807, 2.05) is 211 Å². The van der Waals surface area contributed by atoms with Crippen LogP contribution >= 0.6 is 11.6 Å². The molecule has 16 rings (SSSR count). The minimum absolute atomic E-state index is 0. The molecule has 0 aliphatic heterocycles. The van der Waals surface area contributed by atoms with Gasteiger partial charge in [-0.15, -0.1) is 161 Å². The number of rotatable bonds is 11. The fraction of sp³-hybridized carbons (Fsp3) is 0.144. The maximum absolute atomic E-state index is 13.2. The van der Waals surface area contributed by atoms with Gasteiger partial charge in [0.15, 0.2) is 23.1 Å². The Labute approximate surface area is 874 Å². The Morgan fingerprint density at radius 3 is 1.21 bits per heavy atom. The quantitative estimate of drug-likeness (QED) is 0.0348. The van der Waals surface area contributed by atoms with E-state index in [1.165, 1.54) is 108 Å². The van der Waals surface area contributed by atoms with Crippen molar-refractivity contribution in [2.24, 2.45) is 17.9 Å². The van der Waals surface area contributed by atoms with Gasteiger partial charge in [0, 0.05) is 227 Å². The number of imidazole rings is 1. The Morgan fingerprint density at radius 1 is 0.404 bits per heavy atom. The summed E-state index contributed by atoms with van der Waals surface area (Å²) in [5.41, 5.74) is 9.18. The number of hydrogen-bond donors (Lipinski definition) is 5. The van der Waals surface area contributed by atoms with Crippen LogP contribution in [0.3, 0.4) is 0 Å². The van der Waals surface area contributed by atoms with Crippen LogP contribution in [0.15, 0.2) is 339 Å². The topological polar surface area (TPSA) is 304 Å². The van der Waals surface area contributed by atoms with E-state index in [2.05, 4.69) is 88.9 Å². The number of aromatic nitrogens is 11. The van der Waals surface area contributed by atoms with Crippen molar-refractivity contribution in [1.82, 2.24) is 54.3 Å². The van der Waals surface area contributed by atoms with E-state index in [4.69, 9.17) is 32.0 Å². The van der Waals surface area contributed by atoms with Crippen LogP contribution < -0.4 is 0 Å². The molecule has 0 atom stereocenters. The molecular weight excluding hydrogens is 2830 g/mol. The van der Waals surface area contributed by atoms with Gasteiger partial charge in [-0.2, -0.15) is 27.4 Å². The molecule has 0 aliphatic rings. The molecule has 0 spiro atoms. The van der Waals surface area contributed by atoms with Crippen molar-refractivity contribution in [2.75, 3.05) is 0 Å². The largest absolute Gasteiger partial charge is 0.512 e. The van der Waals surface area contributed by atoms with Crippen molar-refractivity contribution in [2.45, 2.75) is 83.1 Å². The number of hydrogen-bond acceptors (Lipinski definition) is 17. The number of aliphatic hydroxyl groups is 4. The number of carbonyl (C=O) groups is 5. The van der Waals surface area contributed by atoms with E-state index in [9.17, 15) is 46.6 Å². The van der Waals surface area contributed by atoms with Crippen molar-refractivity contribution in [1.29, 1.82) is 0 Å². The number of carboxylic acids is 1. The van der Waals surface area contributed by atoms with Crippen LogP contribution in [0.2, 0.25) is 5.15 Å². The second kappa shape index (κ2) is 65.0. The van der Waals surface area contributed by atoms with Gasteiger partial charge in [0.1, 0.15) is 16.6 Å². The van der Waals surface area contributed by atoms with E-state index in [0.29, 0.717) is 10.8 Å². The number of ketones is 4. The summed E-state index contributed by atoms with van der Waals surface area (Å²) in [5.74, 6) is -1.99. The average molecular weight is 2920 g/mol. The van der Waals surface area contributed by atoms with Crippen LogP contribution in [0.5, 0.6) is 0 Å². The minimum Gasteiger partial charge on any atom is -0.512 e. The number of aromatic carboxylic acids is 1. The molecule has 136 heavy (non-hydrogen) atoms. The van der Waals surface area contributed by atoms with Gasteiger partial charge in [0.25, 0.3) is 0 Å². The summed E-state index contributed by atoms with van der Waals surface area (Å²) >= 11 is 5.62. The number of benzene rings is 9. The molecule has 7 aromatic heterocycles. The molecule has 16 aromatic rings. The van der Waals surface area contributed by atoms with Gasteiger partial charge in [-0.25, -0.2) is 9.78 Å². The summed E-state index contributed by atoms with van der Waals surface area (Å²) in [6.07, 6.45) is 15.1. The molecule has 7 heterocycles. The number of para-hydroxylation sites is 3. The Bertz CT molecular complexity index is 6210. The first-order chi connectivity index (χ1) is 61.9. The summed E-state index contributed by atoms with van der Waals surface area (Å²) in [7, 11) is 1.98. The van der Waals surface area contributed by atoms with E-state index >= 15 is 0 Å². The number of pyridine rings is 3. The molecule has 0 fully saturated rings. The zero-order valence-electron chi connectivity index (χ0n) is 75.6. The molecule has 0 saturated heterocycles. The van der Waals surface area contributed by atoms with E-state index in [1.54, 1.807) is 82.7 Å². The summed E-state index contributed by atoms with van der Waals surface area (Å²) in [6.45, 7) is 19.7. The van der Waals surface area contributed by atoms with Crippen molar-refractivity contribution in [3.05, 3.63) is 410 Å². The van der Waals surface area contributed by atoms with Gasteiger partial charge < -0.3 is 35.1 Å². The number of allylic oxidation sites excluding steroid dienone is 8. The monoisotopic (exact) mass is 2930 g/mol. The molecule has 0 bridgehead atoms. The maximum atomic E-state index is 13.2. The SMILES string of the molecule is CC(=O)C=C(C)O.CC(=O)C=C(C)O.CC(=O)C=C(C)O.CC(C)(C)C(=O)C=C(O)C(C)(C)C.Clc1ccc(-c2[c-]cccc2)nn1.Cn1ccnc1-c1[c-]cccc1.Fc1c[c-]c(-c2ccccn2)c(F)c1.Fc1c[c-]c(-n2ncc3ccccc32)cc1.Fc1c[c-]c(-n2ncc3ccccc32)cc1.O=C(O)c1ccccn1.[Ir].[Ir].[Ir].[Ir].[Ir].[Ir].[c-]1ccccc1-c1ccc2ccccc2n1. The van der Waals surface area contributed by atoms with Crippen LogP contribution in [-0.4, -0.2) is 109 Å². The van der Waals surface area contributed by atoms with Crippen molar-refractivity contribution >= 4 is 73.4 Å². The Balaban J connectivity index is 0.00000148. The van der Waals surface area contributed by atoms with Crippen LogP contribution in [0.1, 0.15) is 93.6 Å². The predicted octanol–water partition coefficient (Wildman–Crippen LogP) is 23.9. The normalized spacial score (nSPS) is 10.4. The van der Waals surface area contributed by atoms with E-state index < -0.39 is 23.0 Å². The Morgan fingerprint density at radius 2 is 0.838 bits per heavy atom. The molecular formula is C104H96ClF4Ir6N11O10-6. The van der Waals surface area contributed by atoms with Crippen molar-refractivity contribution < 1.29 is 188 Å². The second-order valence-corrected chi connectivity index (χ2v) is 30.1. The fourth-order valence-corrected chi connectivity index (χ4v) is 10.5. The molecule has 722 valence electrons. The van der Waals surface area contributed by atoms with E-state index in [-0.39, 0.29) is 195 Å². The summed E-state index contributed by atoms with van der Waals surface area (Å²) < 4.78 is 56.8. The van der Waals surface area contributed by atoms with Gasteiger partial charge in [-0.3, -0.25) is 56.1 Å². The van der Waals surface area contributed by atoms with Gasteiger partial charge in [0.05, 0.1) is 52.0 Å². The molecule has 9 aromatic carbocycles. The van der Waals surface area contributed by atoms with Crippen LogP contribution in [0.25, 0.3) is 89.2 Å². The Hall–Kier alpha value is -11.9. The molecule has 6 radical (unpaired) electrons. The maximum Gasteiger partial charge on any atom is 0.354 e. The van der Waals surface area contributed by atoms with E-state index in [0.717, 1.165) is 84.7 Å². The third-order valence-electron chi connectivity index (χ3n) is 16.6. The summed E-state index contributed by atoms with van der Waals surface area (Å²) in [6, 6.07) is 93.0. The first-order valence-electron chi connectivity index (χ1n) is 39.8. The van der Waals surface area contributed by atoms with Gasteiger partial charge in [-0.1, -0.05) is 156 Å². The number of nitrogens with zero attached hydrogens (tertiary/aromatic N) is 11. The summed E-state index contributed by atoms with van der Waals surface area (Å²) in [4.78, 5) is 68.0. The zero-order chi connectivity index (χ0) is 95.3. The number of halogens is 5. The smallest absolute Gasteiger partial charge is 0.354 e. The first kappa shape index (κ1) is 124. The number of carbonyl (C=O) groups excluding carboxylic acids is 4. The van der Waals surface area contributed by atoms with Crippen molar-refractivity contribution in [3.63, 3.8) is 0 Å². The molecule has 0 amide bonds. The first-order valence-corrected chi connectivity index (χ1v) is 40.2. The average Bonchev–Trinajstić information content (AvgIpc) is 1.72. The number of aliphatic hydroxyl groups excluding tert-OH is 4.